The summed E-state index contributed by atoms with van der Waals surface area (Å²) in [6.45, 7) is 4.29. The van der Waals surface area contributed by atoms with Crippen LogP contribution in [0.25, 0.3) is 22.3 Å². The number of nitrogens with zero attached hydrogens (tertiary/aromatic N) is 2. The highest BCUT2D eigenvalue weighted by molar-refractivity contribution is 7.89. The van der Waals surface area contributed by atoms with Crippen molar-refractivity contribution in [2.24, 2.45) is 0 Å². The molecule has 166 valence electrons. The van der Waals surface area contributed by atoms with Gasteiger partial charge < -0.3 is 15.0 Å². The maximum atomic E-state index is 12.1. The summed E-state index contributed by atoms with van der Waals surface area (Å²) >= 11 is 0. The number of ether oxygens (including phenoxy) is 1. The zero-order chi connectivity index (χ0) is 22.9. The lowest BCUT2D eigenvalue weighted by atomic mass is 9.99. The number of sulfonamides is 1. The summed E-state index contributed by atoms with van der Waals surface area (Å²) in [7, 11) is -0.519. The first-order valence-electron chi connectivity index (χ1n) is 10.1. The van der Waals surface area contributed by atoms with Crippen molar-refractivity contribution in [2.45, 2.75) is 24.7 Å². The fourth-order valence-corrected chi connectivity index (χ4v) is 4.25. The number of benzene rings is 2. The molecule has 2 heterocycles. The van der Waals surface area contributed by atoms with Crippen molar-refractivity contribution < 1.29 is 13.2 Å². The number of aromatic amines is 1. The van der Waals surface area contributed by atoms with Crippen molar-refractivity contribution in [3.05, 3.63) is 60.4 Å². The van der Waals surface area contributed by atoms with E-state index < -0.39 is 10.0 Å². The smallest absolute Gasteiger partial charge is 0.240 e. The molecule has 0 saturated carbocycles. The highest BCUT2D eigenvalue weighted by Crippen LogP contribution is 2.35. The van der Waals surface area contributed by atoms with E-state index in [1.807, 2.05) is 12.1 Å². The van der Waals surface area contributed by atoms with Gasteiger partial charge in [0.05, 0.1) is 23.1 Å². The second-order valence-corrected chi connectivity index (χ2v) is 9.53. The third-order valence-corrected chi connectivity index (χ3v) is 6.69. The van der Waals surface area contributed by atoms with Crippen molar-refractivity contribution in [3.63, 3.8) is 0 Å². The largest absolute Gasteiger partial charge is 0.496 e. The molecule has 0 amide bonds. The SMILES string of the molecule is CNS(=O)(=O)c1cccc(Nc2ncnc3[nH]c(-c4cc(C(C)C)ccc4OC)cc23)c1. The van der Waals surface area contributed by atoms with E-state index in [4.69, 9.17) is 4.74 Å². The second-order valence-electron chi connectivity index (χ2n) is 7.64. The second kappa shape index (κ2) is 8.60. The molecular formula is C23H25N5O3S. The summed E-state index contributed by atoms with van der Waals surface area (Å²) in [6.07, 6.45) is 1.46. The minimum absolute atomic E-state index is 0.167. The van der Waals surface area contributed by atoms with Crippen LogP contribution in [0.15, 0.2) is 59.8 Å². The average molecular weight is 452 g/mol. The van der Waals surface area contributed by atoms with E-state index in [9.17, 15) is 8.42 Å². The van der Waals surface area contributed by atoms with Crippen LogP contribution in [0, 0.1) is 0 Å². The number of aromatic nitrogens is 3. The average Bonchev–Trinajstić information content (AvgIpc) is 3.24. The van der Waals surface area contributed by atoms with Gasteiger partial charge in [0.25, 0.3) is 0 Å². The van der Waals surface area contributed by atoms with Crippen LogP contribution in [-0.4, -0.2) is 37.5 Å². The molecule has 2 aromatic heterocycles. The molecular weight excluding hydrogens is 426 g/mol. The summed E-state index contributed by atoms with van der Waals surface area (Å²) in [6, 6.07) is 14.7. The van der Waals surface area contributed by atoms with E-state index in [1.165, 1.54) is 25.0 Å². The van der Waals surface area contributed by atoms with Gasteiger partial charge in [0.15, 0.2) is 0 Å². The van der Waals surface area contributed by atoms with Crippen LogP contribution in [-0.2, 0) is 10.0 Å². The van der Waals surface area contributed by atoms with Crippen LogP contribution in [0.4, 0.5) is 11.5 Å². The van der Waals surface area contributed by atoms with Crippen LogP contribution in [0.2, 0.25) is 0 Å². The molecule has 0 saturated heterocycles. The Kier molecular flexibility index (Phi) is 5.86. The highest BCUT2D eigenvalue weighted by Gasteiger charge is 2.16. The standard InChI is InChI=1S/C23H25N5O3S/c1-14(2)15-8-9-21(31-4)18(10-15)20-12-19-22(25-13-26-23(19)28-20)27-16-6-5-7-17(11-16)32(29,30)24-3/h5-14,24H,1-4H3,(H2,25,26,27,28). The number of anilines is 2. The highest BCUT2D eigenvalue weighted by atomic mass is 32.2. The van der Waals surface area contributed by atoms with Gasteiger partial charge in [0.1, 0.15) is 23.5 Å². The Morgan fingerprint density at radius 2 is 1.88 bits per heavy atom. The first-order valence-corrected chi connectivity index (χ1v) is 11.6. The van der Waals surface area contributed by atoms with Crippen LogP contribution >= 0.6 is 0 Å². The summed E-state index contributed by atoms with van der Waals surface area (Å²) in [5.41, 5.74) is 4.25. The number of H-pyrrole nitrogens is 1. The van der Waals surface area contributed by atoms with Crippen molar-refractivity contribution >= 4 is 32.6 Å². The molecule has 4 aromatic rings. The maximum absolute atomic E-state index is 12.1. The van der Waals surface area contributed by atoms with Gasteiger partial charge in [-0.2, -0.15) is 0 Å². The minimum Gasteiger partial charge on any atom is -0.496 e. The molecule has 3 N–H and O–H groups in total. The van der Waals surface area contributed by atoms with Crippen LogP contribution in [0.5, 0.6) is 5.75 Å². The van der Waals surface area contributed by atoms with Gasteiger partial charge in [-0.1, -0.05) is 26.0 Å². The minimum atomic E-state index is -3.55. The first-order chi connectivity index (χ1) is 15.3. The summed E-state index contributed by atoms with van der Waals surface area (Å²) in [5, 5.41) is 3.99. The van der Waals surface area contributed by atoms with Gasteiger partial charge >= 0.3 is 0 Å². The molecule has 0 spiro atoms. The van der Waals surface area contributed by atoms with E-state index in [1.54, 1.807) is 25.3 Å². The van der Waals surface area contributed by atoms with Crippen LogP contribution in [0.3, 0.4) is 0 Å². The lowest BCUT2D eigenvalue weighted by Gasteiger charge is -2.11. The molecule has 0 unspecified atom stereocenters. The quantitative estimate of drug-likeness (QED) is 0.384. The molecule has 8 nitrogen and oxygen atoms in total. The first kappa shape index (κ1) is 21.8. The van der Waals surface area contributed by atoms with Gasteiger partial charge in [-0.15, -0.1) is 0 Å². The van der Waals surface area contributed by atoms with E-state index in [0.717, 1.165) is 22.4 Å². The third-order valence-electron chi connectivity index (χ3n) is 5.28. The molecule has 0 aliphatic rings. The van der Waals surface area contributed by atoms with E-state index in [0.29, 0.717) is 23.1 Å². The van der Waals surface area contributed by atoms with Gasteiger partial charge in [0, 0.05) is 11.3 Å². The molecule has 2 aromatic carbocycles. The van der Waals surface area contributed by atoms with E-state index in [2.05, 4.69) is 51.0 Å². The zero-order valence-corrected chi connectivity index (χ0v) is 19.1. The van der Waals surface area contributed by atoms with Crippen molar-refractivity contribution in [2.75, 3.05) is 19.5 Å². The molecule has 0 fully saturated rings. The van der Waals surface area contributed by atoms with Gasteiger partial charge in [-0.25, -0.2) is 23.1 Å². The fourth-order valence-electron chi connectivity index (χ4n) is 3.48. The van der Waals surface area contributed by atoms with Gasteiger partial charge in [-0.05, 0) is 54.9 Å². The van der Waals surface area contributed by atoms with Crippen LogP contribution in [0.1, 0.15) is 25.3 Å². The number of rotatable bonds is 7. The van der Waals surface area contributed by atoms with E-state index >= 15 is 0 Å². The predicted octanol–water partition coefficient (Wildman–Crippen LogP) is 4.41. The zero-order valence-electron chi connectivity index (χ0n) is 18.3. The molecule has 0 atom stereocenters. The van der Waals surface area contributed by atoms with Crippen LogP contribution < -0.4 is 14.8 Å². The molecule has 0 radical (unpaired) electrons. The number of nitrogens with one attached hydrogen (secondary N) is 3. The fraction of sp³-hybridized carbons (Fsp3) is 0.217. The molecule has 0 aliphatic carbocycles. The molecule has 4 rings (SSSR count). The molecule has 0 bridgehead atoms. The molecule has 0 aliphatic heterocycles. The Morgan fingerprint density at radius 1 is 1.06 bits per heavy atom. The maximum Gasteiger partial charge on any atom is 0.240 e. The lowest BCUT2D eigenvalue weighted by molar-refractivity contribution is 0.416. The Hall–Kier alpha value is -3.43. The Labute approximate surface area is 187 Å². The van der Waals surface area contributed by atoms with Crippen molar-refractivity contribution in [1.29, 1.82) is 0 Å². The molecule has 9 heteroatoms. The topological polar surface area (TPSA) is 109 Å². The Morgan fingerprint density at radius 3 is 2.59 bits per heavy atom. The third kappa shape index (κ3) is 4.17. The van der Waals surface area contributed by atoms with Gasteiger partial charge in [-0.3, -0.25) is 0 Å². The predicted molar refractivity (Wildman–Crippen MR) is 126 cm³/mol. The van der Waals surface area contributed by atoms with Gasteiger partial charge in [0.2, 0.25) is 10.0 Å². The monoisotopic (exact) mass is 451 g/mol. The number of methoxy groups -OCH3 is 1. The summed E-state index contributed by atoms with van der Waals surface area (Å²) in [5.74, 6) is 1.70. The molecule has 32 heavy (non-hydrogen) atoms. The normalized spacial score (nSPS) is 11.8. The van der Waals surface area contributed by atoms with E-state index in [-0.39, 0.29) is 4.90 Å². The lowest BCUT2D eigenvalue weighted by Crippen LogP contribution is -2.18. The number of hydrogen-bond acceptors (Lipinski definition) is 6. The Balaban J connectivity index is 1.76. The van der Waals surface area contributed by atoms with Crippen molar-refractivity contribution in [3.8, 4) is 17.0 Å². The summed E-state index contributed by atoms with van der Waals surface area (Å²) < 4.78 is 32.2. The van der Waals surface area contributed by atoms with Crippen molar-refractivity contribution in [1.82, 2.24) is 19.7 Å². The Bertz CT molecular complexity index is 1380. The number of hydrogen-bond donors (Lipinski definition) is 3. The summed E-state index contributed by atoms with van der Waals surface area (Å²) in [4.78, 5) is 12.2. The number of fused-ring (bicyclic) bond motifs is 1.